The molecule has 0 bridgehead atoms. The molecule has 0 aliphatic rings. The summed E-state index contributed by atoms with van der Waals surface area (Å²) in [5, 5.41) is 3.36. The molecule has 2 aromatic heterocycles. The van der Waals surface area contributed by atoms with Gasteiger partial charge in [0.05, 0.1) is 9.30 Å². The summed E-state index contributed by atoms with van der Waals surface area (Å²) in [7, 11) is 3.99. The number of thiophene rings is 1. The Kier molecular flexibility index (Phi) is 3.67. The van der Waals surface area contributed by atoms with Crippen LogP contribution in [0.2, 0.25) is 5.15 Å². The van der Waals surface area contributed by atoms with Gasteiger partial charge >= 0.3 is 0 Å². The van der Waals surface area contributed by atoms with Crippen molar-refractivity contribution in [1.29, 1.82) is 0 Å². The second kappa shape index (κ2) is 5.31. The summed E-state index contributed by atoms with van der Waals surface area (Å²) in [6.07, 6.45) is 0. The number of nitrogens with zero attached hydrogens (tertiary/aromatic N) is 3. The standard InChI is InChI=1S/C14H11BrClN3S/c1-19(2)9-3-4-11-10(6-9)13(16)18-14(17-11)8-5-12(15)20-7-8/h3-7H,1-2H3. The van der Waals surface area contributed by atoms with Crippen LogP contribution in [0.1, 0.15) is 0 Å². The zero-order valence-electron chi connectivity index (χ0n) is 10.9. The maximum atomic E-state index is 6.32. The van der Waals surface area contributed by atoms with Crippen LogP contribution in [0.25, 0.3) is 22.3 Å². The van der Waals surface area contributed by atoms with Gasteiger partial charge in [-0.3, -0.25) is 0 Å². The Labute approximate surface area is 134 Å². The number of fused-ring (bicyclic) bond motifs is 1. The molecule has 102 valence electrons. The number of rotatable bonds is 2. The first kappa shape index (κ1) is 13.8. The van der Waals surface area contributed by atoms with E-state index in [0.717, 1.165) is 25.9 Å². The molecular formula is C14H11BrClN3S. The first-order chi connectivity index (χ1) is 9.54. The van der Waals surface area contributed by atoms with Crippen LogP contribution in [0.5, 0.6) is 0 Å². The largest absolute Gasteiger partial charge is 0.378 e. The van der Waals surface area contributed by atoms with Crippen LogP contribution in [0.15, 0.2) is 33.4 Å². The van der Waals surface area contributed by atoms with Gasteiger partial charge in [-0.1, -0.05) is 11.6 Å². The molecule has 1 aromatic carbocycles. The van der Waals surface area contributed by atoms with Crippen molar-refractivity contribution in [2.24, 2.45) is 0 Å². The van der Waals surface area contributed by atoms with Crippen LogP contribution >= 0.6 is 38.9 Å². The highest BCUT2D eigenvalue weighted by Crippen LogP contribution is 2.31. The van der Waals surface area contributed by atoms with Crippen molar-refractivity contribution in [2.75, 3.05) is 19.0 Å². The number of anilines is 1. The minimum absolute atomic E-state index is 0.482. The first-order valence-corrected chi connectivity index (χ1v) is 7.98. The molecule has 0 radical (unpaired) electrons. The summed E-state index contributed by atoms with van der Waals surface area (Å²) < 4.78 is 1.05. The summed E-state index contributed by atoms with van der Waals surface area (Å²) in [5.74, 6) is 0.655. The van der Waals surface area contributed by atoms with E-state index in [1.54, 1.807) is 11.3 Å². The molecule has 3 aromatic rings. The van der Waals surface area contributed by atoms with Gasteiger partial charge in [-0.15, -0.1) is 11.3 Å². The van der Waals surface area contributed by atoms with Crippen molar-refractivity contribution >= 4 is 55.5 Å². The third-order valence-electron chi connectivity index (χ3n) is 2.97. The molecule has 3 rings (SSSR count). The van der Waals surface area contributed by atoms with E-state index in [-0.39, 0.29) is 0 Å². The SMILES string of the molecule is CN(C)c1ccc2nc(-c3csc(Br)c3)nc(Cl)c2c1. The number of hydrogen-bond acceptors (Lipinski definition) is 4. The van der Waals surface area contributed by atoms with E-state index >= 15 is 0 Å². The molecule has 0 saturated carbocycles. The van der Waals surface area contributed by atoms with Crippen LogP contribution in [0.3, 0.4) is 0 Å². The summed E-state index contributed by atoms with van der Waals surface area (Å²) in [6.45, 7) is 0. The zero-order chi connectivity index (χ0) is 14.3. The smallest absolute Gasteiger partial charge is 0.162 e. The summed E-state index contributed by atoms with van der Waals surface area (Å²) in [6, 6.07) is 8.00. The Hall–Kier alpha value is -1.17. The maximum absolute atomic E-state index is 6.32. The normalized spacial score (nSPS) is 11.0. The third kappa shape index (κ3) is 2.53. The fourth-order valence-corrected chi connectivity index (χ4v) is 3.28. The molecular weight excluding hydrogens is 358 g/mol. The van der Waals surface area contributed by atoms with Gasteiger partial charge in [0, 0.05) is 36.1 Å². The molecule has 0 amide bonds. The fourth-order valence-electron chi connectivity index (χ4n) is 1.91. The van der Waals surface area contributed by atoms with Gasteiger partial charge in [-0.05, 0) is 40.2 Å². The van der Waals surface area contributed by atoms with Gasteiger partial charge in [0.2, 0.25) is 0 Å². The van der Waals surface area contributed by atoms with Gasteiger partial charge in [0.1, 0.15) is 5.15 Å². The molecule has 3 nitrogen and oxygen atoms in total. The number of halogens is 2. The lowest BCUT2D eigenvalue weighted by Gasteiger charge is -2.13. The Morgan fingerprint density at radius 2 is 2.00 bits per heavy atom. The molecule has 0 aliphatic heterocycles. The van der Waals surface area contributed by atoms with Crippen LogP contribution in [0, 0.1) is 0 Å². The van der Waals surface area contributed by atoms with Crippen molar-refractivity contribution in [3.05, 3.63) is 38.6 Å². The predicted molar refractivity (Wildman–Crippen MR) is 89.9 cm³/mol. The van der Waals surface area contributed by atoms with Gasteiger partial charge in [-0.2, -0.15) is 0 Å². The molecule has 0 fully saturated rings. The van der Waals surface area contributed by atoms with E-state index in [1.165, 1.54) is 0 Å². The lowest BCUT2D eigenvalue weighted by Crippen LogP contribution is -2.08. The summed E-state index contributed by atoms with van der Waals surface area (Å²) in [5.41, 5.74) is 2.91. The van der Waals surface area contributed by atoms with E-state index in [2.05, 4.69) is 25.9 Å². The monoisotopic (exact) mass is 367 g/mol. The molecule has 0 saturated heterocycles. The highest BCUT2D eigenvalue weighted by molar-refractivity contribution is 9.11. The number of hydrogen-bond donors (Lipinski definition) is 0. The highest BCUT2D eigenvalue weighted by atomic mass is 79.9. The lowest BCUT2D eigenvalue weighted by molar-refractivity contribution is 1.13. The molecule has 20 heavy (non-hydrogen) atoms. The fraction of sp³-hybridized carbons (Fsp3) is 0.143. The Bertz CT molecular complexity index is 785. The van der Waals surface area contributed by atoms with Gasteiger partial charge < -0.3 is 4.90 Å². The number of benzene rings is 1. The molecule has 2 heterocycles. The second-order valence-electron chi connectivity index (χ2n) is 4.57. The first-order valence-electron chi connectivity index (χ1n) is 5.93. The minimum Gasteiger partial charge on any atom is -0.378 e. The van der Waals surface area contributed by atoms with Crippen molar-refractivity contribution in [1.82, 2.24) is 9.97 Å². The van der Waals surface area contributed by atoms with E-state index in [1.807, 2.05) is 48.6 Å². The van der Waals surface area contributed by atoms with Crippen molar-refractivity contribution in [2.45, 2.75) is 0 Å². The van der Waals surface area contributed by atoms with E-state index in [0.29, 0.717) is 11.0 Å². The Morgan fingerprint density at radius 3 is 2.65 bits per heavy atom. The summed E-state index contributed by atoms with van der Waals surface area (Å²) in [4.78, 5) is 11.0. The van der Waals surface area contributed by atoms with Crippen LogP contribution in [0.4, 0.5) is 5.69 Å². The highest BCUT2D eigenvalue weighted by Gasteiger charge is 2.10. The topological polar surface area (TPSA) is 29.0 Å². The maximum Gasteiger partial charge on any atom is 0.162 e. The second-order valence-corrected chi connectivity index (χ2v) is 7.22. The van der Waals surface area contributed by atoms with Crippen molar-refractivity contribution in [3.8, 4) is 11.4 Å². The van der Waals surface area contributed by atoms with Gasteiger partial charge in [0.15, 0.2) is 5.82 Å². The van der Waals surface area contributed by atoms with E-state index < -0.39 is 0 Å². The minimum atomic E-state index is 0.482. The number of aromatic nitrogens is 2. The van der Waals surface area contributed by atoms with E-state index in [4.69, 9.17) is 11.6 Å². The van der Waals surface area contributed by atoms with Crippen molar-refractivity contribution < 1.29 is 0 Å². The van der Waals surface area contributed by atoms with Crippen LogP contribution in [-0.2, 0) is 0 Å². The average Bonchev–Trinajstić information content (AvgIpc) is 2.85. The Balaban J connectivity index is 2.17. The van der Waals surface area contributed by atoms with Crippen LogP contribution < -0.4 is 4.90 Å². The Morgan fingerprint density at radius 1 is 1.20 bits per heavy atom. The molecule has 0 spiro atoms. The lowest BCUT2D eigenvalue weighted by atomic mass is 10.2. The predicted octanol–water partition coefficient (Wildman–Crippen LogP) is 4.84. The van der Waals surface area contributed by atoms with Gasteiger partial charge in [-0.25, -0.2) is 9.97 Å². The van der Waals surface area contributed by atoms with Crippen LogP contribution in [-0.4, -0.2) is 24.1 Å². The zero-order valence-corrected chi connectivity index (χ0v) is 14.1. The summed E-state index contributed by atoms with van der Waals surface area (Å²) >= 11 is 11.4. The van der Waals surface area contributed by atoms with Gasteiger partial charge in [0.25, 0.3) is 0 Å². The molecule has 0 unspecified atom stereocenters. The molecule has 6 heteroatoms. The molecule has 0 N–H and O–H groups in total. The van der Waals surface area contributed by atoms with E-state index in [9.17, 15) is 0 Å². The van der Waals surface area contributed by atoms with Crippen molar-refractivity contribution in [3.63, 3.8) is 0 Å². The quantitative estimate of drug-likeness (QED) is 0.606. The third-order valence-corrected chi connectivity index (χ3v) is 4.77. The molecule has 0 aliphatic carbocycles. The average molecular weight is 369 g/mol. The molecule has 0 atom stereocenters.